The first kappa shape index (κ1) is 16.5. The average molecular weight is 281 g/mol. The molecule has 1 rings (SSSR count). The predicted octanol–water partition coefficient (Wildman–Crippen LogP) is 2.12. The molecule has 5 nitrogen and oxygen atoms in total. The Morgan fingerprint density at radius 1 is 1.20 bits per heavy atom. The molecule has 0 aromatic heterocycles. The number of hydrogen-bond donors (Lipinski definition) is 1. The molecule has 112 valence electrons. The molecule has 0 amide bonds. The van der Waals surface area contributed by atoms with Gasteiger partial charge >= 0.3 is 5.97 Å². The molecule has 0 aliphatic carbocycles. The van der Waals surface area contributed by atoms with Crippen molar-refractivity contribution in [3.05, 3.63) is 29.8 Å². The first-order valence-corrected chi connectivity index (χ1v) is 6.75. The quantitative estimate of drug-likeness (QED) is 0.751. The monoisotopic (exact) mass is 281 g/mol. The lowest BCUT2D eigenvalue weighted by molar-refractivity contribution is 0.0616. The van der Waals surface area contributed by atoms with Crippen molar-refractivity contribution >= 4 is 5.97 Å². The summed E-state index contributed by atoms with van der Waals surface area (Å²) in [7, 11) is 2.01. The summed E-state index contributed by atoms with van der Waals surface area (Å²) in [5, 5.41) is 8.79. The molecule has 1 aromatic rings. The smallest absolute Gasteiger partial charge is 0.335 e. The van der Waals surface area contributed by atoms with Gasteiger partial charge in [-0.2, -0.15) is 0 Å². The normalized spacial score (nSPS) is 11.1. The summed E-state index contributed by atoms with van der Waals surface area (Å²) < 4.78 is 11.0. The van der Waals surface area contributed by atoms with Crippen molar-refractivity contribution in [2.24, 2.45) is 0 Å². The zero-order chi connectivity index (χ0) is 15.0. The van der Waals surface area contributed by atoms with Gasteiger partial charge in [-0.1, -0.05) is 0 Å². The van der Waals surface area contributed by atoms with Gasteiger partial charge in [-0.05, 0) is 45.2 Å². The zero-order valence-corrected chi connectivity index (χ0v) is 12.3. The minimum atomic E-state index is -0.929. The summed E-state index contributed by atoms with van der Waals surface area (Å²) in [5.74, 6) is -0.247. The average Bonchev–Trinajstić information content (AvgIpc) is 2.39. The highest BCUT2D eigenvalue weighted by atomic mass is 16.5. The molecule has 0 spiro atoms. The summed E-state index contributed by atoms with van der Waals surface area (Å²) in [6, 6.07) is 6.42. The number of ether oxygens (including phenoxy) is 2. The van der Waals surface area contributed by atoms with Gasteiger partial charge in [0.15, 0.2) is 0 Å². The van der Waals surface area contributed by atoms with E-state index in [9.17, 15) is 4.79 Å². The van der Waals surface area contributed by atoms with E-state index in [0.717, 1.165) is 13.1 Å². The molecule has 0 bridgehead atoms. The second-order valence-electron chi connectivity index (χ2n) is 4.90. The van der Waals surface area contributed by atoms with Crippen LogP contribution in [-0.2, 0) is 4.74 Å². The molecule has 1 aromatic carbocycles. The fourth-order valence-electron chi connectivity index (χ4n) is 1.57. The van der Waals surface area contributed by atoms with Gasteiger partial charge in [0.25, 0.3) is 0 Å². The predicted molar refractivity (Wildman–Crippen MR) is 77.5 cm³/mol. The number of carboxylic acids is 1. The molecule has 5 heteroatoms. The Labute approximate surface area is 120 Å². The number of carbonyl (C=O) groups is 1. The molecule has 0 radical (unpaired) electrons. The van der Waals surface area contributed by atoms with Crippen molar-refractivity contribution in [1.29, 1.82) is 0 Å². The van der Waals surface area contributed by atoms with Crippen LogP contribution in [-0.4, -0.2) is 55.4 Å². The molecule has 0 saturated carbocycles. The maximum Gasteiger partial charge on any atom is 0.335 e. The number of hydrogen-bond acceptors (Lipinski definition) is 4. The molecule has 0 saturated heterocycles. The van der Waals surface area contributed by atoms with E-state index >= 15 is 0 Å². The van der Waals surface area contributed by atoms with Crippen LogP contribution >= 0.6 is 0 Å². The van der Waals surface area contributed by atoms with E-state index in [0.29, 0.717) is 19.0 Å². The van der Waals surface area contributed by atoms with Crippen LogP contribution in [0.15, 0.2) is 24.3 Å². The van der Waals surface area contributed by atoms with Crippen molar-refractivity contribution in [3.8, 4) is 5.75 Å². The van der Waals surface area contributed by atoms with Crippen LogP contribution in [0.3, 0.4) is 0 Å². The minimum Gasteiger partial charge on any atom is -0.492 e. The Morgan fingerprint density at radius 3 is 2.35 bits per heavy atom. The van der Waals surface area contributed by atoms with E-state index in [1.54, 1.807) is 12.1 Å². The standard InChI is InChI=1S/C15H23NO4/c1-12(2)19-10-8-16(3)9-11-20-14-6-4-13(5-7-14)15(17)18/h4-7,12H,8-11H2,1-3H3,(H,17,18). The topological polar surface area (TPSA) is 59.0 Å². The highest BCUT2D eigenvalue weighted by Crippen LogP contribution is 2.11. The van der Waals surface area contributed by atoms with Gasteiger partial charge in [0.1, 0.15) is 12.4 Å². The third-order valence-electron chi connectivity index (χ3n) is 2.77. The second-order valence-corrected chi connectivity index (χ2v) is 4.90. The van der Waals surface area contributed by atoms with Crippen molar-refractivity contribution in [2.45, 2.75) is 20.0 Å². The van der Waals surface area contributed by atoms with Crippen molar-refractivity contribution in [2.75, 3.05) is 33.4 Å². The Morgan fingerprint density at radius 2 is 1.80 bits per heavy atom. The van der Waals surface area contributed by atoms with E-state index in [4.69, 9.17) is 14.6 Å². The number of likely N-dealkylation sites (N-methyl/N-ethyl adjacent to an activating group) is 1. The maximum absolute atomic E-state index is 10.7. The number of nitrogens with zero attached hydrogens (tertiary/aromatic N) is 1. The summed E-state index contributed by atoms with van der Waals surface area (Å²) in [4.78, 5) is 12.8. The number of carboxylic acid groups (broad SMARTS) is 1. The molecule has 0 aliphatic heterocycles. The summed E-state index contributed by atoms with van der Waals surface area (Å²) in [6.07, 6.45) is 0.257. The first-order chi connectivity index (χ1) is 9.49. The molecule has 0 unspecified atom stereocenters. The third kappa shape index (κ3) is 6.54. The molecule has 1 N–H and O–H groups in total. The Bertz CT molecular complexity index is 403. The number of benzene rings is 1. The van der Waals surface area contributed by atoms with E-state index < -0.39 is 5.97 Å². The molecular weight excluding hydrogens is 258 g/mol. The highest BCUT2D eigenvalue weighted by molar-refractivity contribution is 5.87. The van der Waals surface area contributed by atoms with Crippen molar-refractivity contribution in [1.82, 2.24) is 4.90 Å². The lowest BCUT2D eigenvalue weighted by atomic mass is 10.2. The summed E-state index contributed by atoms with van der Waals surface area (Å²) in [5.41, 5.74) is 0.264. The van der Waals surface area contributed by atoms with Gasteiger partial charge in [-0.3, -0.25) is 0 Å². The van der Waals surface area contributed by atoms with Crippen LogP contribution in [0.1, 0.15) is 24.2 Å². The van der Waals surface area contributed by atoms with Crippen molar-refractivity contribution in [3.63, 3.8) is 0 Å². The van der Waals surface area contributed by atoms with Crippen LogP contribution < -0.4 is 4.74 Å². The molecule has 0 atom stereocenters. The van der Waals surface area contributed by atoms with Crippen LogP contribution in [0.25, 0.3) is 0 Å². The zero-order valence-electron chi connectivity index (χ0n) is 12.3. The fourth-order valence-corrected chi connectivity index (χ4v) is 1.57. The second kappa shape index (κ2) is 8.55. The van der Waals surface area contributed by atoms with Gasteiger partial charge in [-0.15, -0.1) is 0 Å². The maximum atomic E-state index is 10.7. The van der Waals surface area contributed by atoms with Gasteiger partial charge in [0, 0.05) is 13.1 Å². The highest BCUT2D eigenvalue weighted by Gasteiger charge is 2.03. The fraction of sp³-hybridized carbons (Fsp3) is 0.533. The van der Waals surface area contributed by atoms with Crippen LogP contribution in [0.5, 0.6) is 5.75 Å². The van der Waals surface area contributed by atoms with E-state index in [1.165, 1.54) is 12.1 Å². The lowest BCUT2D eigenvalue weighted by Crippen LogP contribution is -2.28. The Kier molecular flexibility index (Phi) is 7.04. The van der Waals surface area contributed by atoms with E-state index in [1.807, 2.05) is 20.9 Å². The SMILES string of the molecule is CC(C)OCCN(C)CCOc1ccc(C(=O)O)cc1. The van der Waals surface area contributed by atoms with Crippen molar-refractivity contribution < 1.29 is 19.4 Å². The van der Waals surface area contributed by atoms with E-state index in [-0.39, 0.29) is 11.7 Å². The van der Waals surface area contributed by atoms with Gasteiger partial charge in [0.2, 0.25) is 0 Å². The lowest BCUT2D eigenvalue weighted by Gasteiger charge is -2.17. The summed E-state index contributed by atoms with van der Waals surface area (Å²) in [6.45, 7) is 6.96. The Balaban J connectivity index is 2.21. The molecule has 0 heterocycles. The molecule has 0 fully saturated rings. The number of aromatic carboxylic acids is 1. The van der Waals surface area contributed by atoms with Crippen LogP contribution in [0.2, 0.25) is 0 Å². The third-order valence-corrected chi connectivity index (χ3v) is 2.77. The van der Waals surface area contributed by atoms with Gasteiger partial charge < -0.3 is 19.5 Å². The first-order valence-electron chi connectivity index (χ1n) is 6.75. The molecule has 0 aliphatic rings. The number of rotatable bonds is 9. The largest absolute Gasteiger partial charge is 0.492 e. The molecular formula is C15H23NO4. The van der Waals surface area contributed by atoms with Gasteiger partial charge in [0.05, 0.1) is 18.3 Å². The molecule has 20 heavy (non-hydrogen) atoms. The van der Waals surface area contributed by atoms with E-state index in [2.05, 4.69) is 4.90 Å². The van der Waals surface area contributed by atoms with Crippen LogP contribution in [0, 0.1) is 0 Å². The Hall–Kier alpha value is -1.59. The van der Waals surface area contributed by atoms with Crippen LogP contribution in [0.4, 0.5) is 0 Å². The summed E-state index contributed by atoms with van der Waals surface area (Å²) >= 11 is 0. The minimum absolute atomic E-state index is 0.257. The van der Waals surface area contributed by atoms with Gasteiger partial charge in [-0.25, -0.2) is 4.79 Å².